The van der Waals surface area contributed by atoms with Gasteiger partial charge < -0.3 is 14.9 Å². The van der Waals surface area contributed by atoms with E-state index >= 15 is 0 Å². The third kappa shape index (κ3) is 4.26. The van der Waals surface area contributed by atoms with Gasteiger partial charge in [0.05, 0.1) is 6.10 Å². The number of hydrogen-bond donors (Lipinski definition) is 2. The van der Waals surface area contributed by atoms with Crippen LogP contribution in [0, 0.1) is 46.3 Å². The van der Waals surface area contributed by atoms with Crippen molar-refractivity contribution in [1.29, 1.82) is 0 Å². The fraction of sp³-hybridized carbons (Fsp3) is 0.923. The molecule has 8 heteroatoms. The molecular weight excluding hydrogens is 449 g/mol. The first-order valence-electron chi connectivity index (χ1n) is 13.0. The number of esters is 1. The van der Waals surface area contributed by atoms with Gasteiger partial charge in [0.25, 0.3) is 0 Å². The number of ether oxygens (including phenoxy) is 1. The fourth-order valence-corrected chi connectivity index (χ4v) is 9.02. The Balaban J connectivity index is 1.48. The first kappa shape index (κ1) is 25.8. The highest BCUT2D eigenvalue weighted by atomic mass is 19.4. The van der Waals surface area contributed by atoms with Gasteiger partial charge in [-0.25, -0.2) is 4.79 Å². The zero-order valence-corrected chi connectivity index (χ0v) is 20.4. The third-order valence-corrected chi connectivity index (χ3v) is 10.8. The number of halogens is 3. The van der Waals surface area contributed by atoms with Gasteiger partial charge in [-0.1, -0.05) is 20.8 Å². The van der Waals surface area contributed by atoms with Crippen molar-refractivity contribution in [2.45, 2.75) is 103 Å². The number of aliphatic carboxylic acids is 1. The molecular formula is C26H39F3O5. The van der Waals surface area contributed by atoms with Gasteiger partial charge in [0, 0.05) is 6.42 Å². The molecule has 0 amide bonds. The molecule has 4 aliphatic carbocycles. The summed E-state index contributed by atoms with van der Waals surface area (Å²) in [4.78, 5) is 22.5. The molecule has 4 fully saturated rings. The summed E-state index contributed by atoms with van der Waals surface area (Å²) in [5.41, 5.74) is -0.291. The number of hydrogen-bond acceptors (Lipinski definition) is 4. The summed E-state index contributed by atoms with van der Waals surface area (Å²) in [5, 5.41) is 20.6. The van der Waals surface area contributed by atoms with E-state index in [-0.39, 0.29) is 29.1 Å². The third-order valence-electron chi connectivity index (χ3n) is 10.8. The van der Waals surface area contributed by atoms with Crippen LogP contribution in [-0.2, 0) is 14.3 Å². The molecule has 0 saturated heterocycles. The first-order valence-corrected chi connectivity index (χ1v) is 13.0. The molecule has 4 rings (SSSR count). The van der Waals surface area contributed by atoms with Crippen molar-refractivity contribution in [1.82, 2.24) is 0 Å². The number of carboxylic acid groups (broad SMARTS) is 1. The van der Waals surface area contributed by atoms with E-state index in [0.717, 1.165) is 25.7 Å². The fourth-order valence-electron chi connectivity index (χ4n) is 9.02. The maximum Gasteiger partial charge on any atom is 0.490 e. The summed E-state index contributed by atoms with van der Waals surface area (Å²) in [6.45, 7) is 6.59. The quantitative estimate of drug-likeness (QED) is 0.493. The highest BCUT2D eigenvalue weighted by Gasteiger charge is 2.64. The summed E-state index contributed by atoms with van der Waals surface area (Å²) in [5.74, 6) is -0.966. The van der Waals surface area contributed by atoms with Crippen LogP contribution in [-0.4, -0.2) is 40.5 Å². The van der Waals surface area contributed by atoms with E-state index in [0.29, 0.717) is 55.8 Å². The maximum absolute atomic E-state index is 12.7. The molecule has 0 aromatic rings. The molecule has 10 unspecified atom stereocenters. The summed E-state index contributed by atoms with van der Waals surface area (Å²) < 4.78 is 42.9. The molecule has 0 heterocycles. The number of carbonyl (C=O) groups excluding carboxylic acids is 1. The smallest absolute Gasteiger partial charge is 0.481 e. The predicted molar refractivity (Wildman–Crippen MR) is 119 cm³/mol. The van der Waals surface area contributed by atoms with E-state index in [1.54, 1.807) is 0 Å². The van der Waals surface area contributed by atoms with Gasteiger partial charge in [-0.3, -0.25) is 4.79 Å². The maximum atomic E-state index is 12.7. The van der Waals surface area contributed by atoms with Crippen LogP contribution in [0.25, 0.3) is 0 Å². The topological polar surface area (TPSA) is 83.8 Å². The monoisotopic (exact) mass is 488 g/mol. The van der Waals surface area contributed by atoms with E-state index in [4.69, 9.17) is 9.84 Å². The first-order chi connectivity index (χ1) is 15.8. The second-order valence-electron chi connectivity index (χ2n) is 12.2. The van der Waals surface area contributed by atoms with Gasteiger partial charge >= 0.3 is 18.1 Å². The summed E-state index contributed by atoms with van der Waals surface area (Å²) in [6, 6.07) is 0. The Hall–Kier alpha value is -1.31. The number of rotatable bonds is 5. The summed E-state index contributed by atoms with van der Waals surface area (Å²) in [6.07, 6.45) is 0.943. The minimum Gasteiger partial charge on any atom is -0.481 e. The lowest BCUT2D eigenvalue weighted by atomic mass is 9.43. The van der Waals surface area contributed by atoms with E-state index in [1.807, 2.05) is 0 Å². The normalized spacial score (nSPS) is 45.0. The molecule has 2 N–H and O–H groups in total. The van der Waals surface area contributed by atoms with E-state index in [2.05, 4.69) is 20.8 Å². The Morgan fingerprint density at radius 1 is 1.06 bits per heavy atom. The minimum absolute atomic E-state index is 0.0701. The lowest BCUT2D eigenvalue weighted by Gasteiger charge is -2.62. The summed E-state index contributed by atoms with van der Waals surface area (Å²) >= 11 is 0. The highest BCUT2D eigenvalue weighted by Crippen LogP contribution is 2.68. The van der Waals surface area contributed by atoms with E-state index in [1.165, 1.54) is 0 Å². The van der Waals surface area contributed by atoms with Crippen molar-refractivity contribution in [3.05, 3.63) is 0 Å². The molecule has 0 aliphatic heterocycles. The van der Waals surface area contributed by atoms with E-state index < -0.39 is 30.3 Å². The number of alkyl halides is 3. The van der Waals surface area contributed by atoms with E-state index in [9.17, 15) is 27.9 Å². The summed E-state index contributed by atoms with van der Waals surface area (Å²) in [7, 11) is 0. The molecule has 4 aliphatic rings. The molecule has 0 radical (unpaired) electrons. The van der Waals surface area contributed by atoms with Crippen molar-refractivity contribution in [2.75, 3.05) is 0 Å². The SMILES string of the molecule is CC(CCC(=O)O)C1CCC2C3CCC4CC(OC(=O)C(F)(F)F)CCC4(C)C3CC(O)C12C. The average Bonchev–Trinajstić information content (AvgIpc) is 3.11. The zero-order valence-electron chi connectivity index (χ0n) is 20.4. The van der Waals surface area contributed by atoms with Crippen molar-refractivity contribution in [2.24, 2.45) is 46.3 Å². The van der Waals surface area contributed by atoms with Gasteiger partial charge in [0.2, 0.25) is 0 Å². The Morgan fingerprint density at radius 2 is 1.76 bits per heavy atom. The van der Waals surface area contributed by atoms with Crippen LogP contribution in [0.4, 0.5) is 13.2 Å². The number of aliphatic hydroxyl groups excluding tert-OH is 1. The lowest BCUT2D eigenvalue weighted by Crippen LogP contribution is -2.59. The van der Waals surface area contributed by atoms with Crippen molar-refractivity contribution in [3.63, 3.8) is 0 Å². The van der Waals surface area contributed by atoms with Gasteiger partial charge in [0.1, 0.15) is 6.10 Å². The number of aliphatic hydroxyl groups is 1. The lowest BCUT2D eigenvalue weighted by molar-refractivity contribution is -0.213. The molecule has 4 saturated carbocycles. The van der Waals surface area contributed by atoms with Crippen molar-refractivity contribution >= 4 is 11.9 Å². The van der Waals surface area contributed by atoms with Crippen molar-refractivity contribution in [3.8, 4) is 0 Å². The van der Waals surface area contributed by atoms with Gasteiger partial charge in [-0.15, -0.1) is 0 Å². The van der Waals surface area contributed by atoms with Crippen LogP contribution >= 0.6 is 0 Å². The Morgan fingerprint density at radius 3 is 2.41 bits per heavy atom. The van der Waals surface area contributed by atoms with Crippen molar-refractivity contribution < 1.29 is 37.7 Å². The highest BCUT2D eigenvalue weighted by molar-refractivity contribution is 5.75. The predicted octanol–water partition coefficient (Wildman–Crippen LogP) is 5.59. The average molecular weight is 489 g/mol. The van der Waals surface area contributed by atoms with Crippen LogP contribution < -0.4 is 0 Å². The van der Waals surface area contributed by atoms with Crippen LogP contribution in [0.3, 0.4) is 0 Å². The molecule has 10 atom stereocenters. The molecule has 34 heavy (non-hydrogen) atoms. The standard InChI is InChI=1S/C26H39F3O5/c1-14(4-9-22(31)32)18-7-8-19-17-6-5-15-12-16(34-23(33)26(27,28)29)10-11-24(15,2)20(17)13-21(30)25(18,19)3/h14-21,30H,4-13H2,1-3H3,(H,31,32). The van der Waals surface area contributed by atoms with Gasteiger partial charge in [-0.05, 0) is 104 Å². The molecule has 5 nitrogen and oxygen atoms in total. The van der Waals surface area contributed by atoms with Crippen LogP contribution in [0.15, 0.2) is 0 Å². The zero-order chi connectivity index (χ0) is 25.1. The van der Waals surface area contributed by atoms with Gasteiger partial charge in [-0.2, -0.15) is 13.2 Å². The Kier molecular flexibility index (Phi) is 6.80. The van der Waals surface area contributed by atoms with Crippen LogP contribution in [0.2, 0.25) is 0 Å². The Labute approximate surface area is 199 Å². The second kappa shape index (κ2) is 8.97. The largest absolute Gasteiger partial charge is 0.490 e. The van der Waals surface area contributed by atoms with Crippen LogP contribution in [0.5, 0.6) is 0 Å². The van der Waals surface area contributed by atoms with Gasteiger partial charge in [0.15, 0.2) is 0 Å². The number of carbonyl (C=O) groups is 2. The second-order valence-corrected chi connectivity index (χ2v) is 12.2. The molecule has 0 aromatic carbocycles. The number of carboxylic acids is 1. The molecule has 194 valence electrons. The molecule has 0 bridgehead atoms. The molecule has 0 aromatic heterocycles. The number of fused-ring (bicyclic) bond motifs is 5. The minimum atomic E-state index is -4.96. The van der Waals surface area contributed by atoms with Crippen LogP contribution in [0.1, 0.15) is 85.0 Å². The molecule has 0 spiro atoms. The Bertz CT molecular complexity index is 800.